The topological polar surface area (TPSA) is 29.9 Å². The normalized spacial score (nSPS) is 11.7. The van der Waals surface area contributed by atoms with E-state index in [2.05, 4.69) is 10.4 Å². The maximum Gasteiger partial charge on any atom is 0.435 e. The first-order valence-corrected chi connectivity index (χ1v) is 7.85. The van der Waals surface area contributed by atoms with Gasteiger partial charge in [0.05, 0.1) is 5.69 Å². The molecule has 0 saturated heterocycles. The Bertz CT molecular complexity index is 1020. The highest BCUT2D eigenvalue weighted by molar-refractivity contribution is 5.64. The van der Waals surface area contributed by atoms with Crippen LogP contribution in [-0.4, -0.2) is 9.78 Å². The molecule has 28 heavy (non-hydrogen) atoms. The second-order valence-corrected chi connectivity index (χ2v) is 5.91. The van der Waals surface area contributed by atoms with E-state index in [9.17, 15) is 30.7 Å². The molecule has 0 amide bonds. The van der Waals surface area contributed by atoms with Crippen molar-refractivity contribution in [1.29, 1.82) is 0 Å². The second-order valence-electron chi connectivity index (χ2n) is 5.91. The summed E-state index contributed by atoms with van der Waals surface area (Å²) in [5.74, 6) is -4.43. The zero-order chi connectivity index (χ0) is 20.6. The van der Waals surface area contributed by atoms with Gasteiger partial charge in [-0.3, -0.25) is 4.68 Å². The third-order valence-corrected chi connectivity index (χ3v) is 4.02. The summed E-state index contributed by atoms with van der Waals surface area (Å²) < 4.78 is 94.0. The van der Waals surface area contributed by atoms with Gasteiger partial charge in [-0.2, -0.15) is 18.3 Å². The molecule has 0 bridgehead atoms. The monoisotopic (exact) mass is 403 g/mol. The molecule has 10 heteroatoms. The van der Waals surface area contributed by atoms with Crippen LogP contribution in [0.15, 0.2) is 36.4 Å². The Labute approximate surface area is 154 Å². The van der Waals surface area contributed by atoms with Crippen LogP contribution in [0.4, 0.5) is 36.4 Å². The van der Waals surface area contributed by atoms with Crippen molar-refractivity contribution in [3.63, 3.8) is 0 Å². The van der Waals surface area contributed by atoms with Crippen LogP contribution in [0, 0.1) is 23.3 Å². The summed E-state index contributed by atoms with van der Waals surface area (Å²) in [5, 5.41) is 5.86. The second kappa shape index (κ2) is 7.17. The number of nitrogens with one attached hydrogen (secondary N) is 1. The van der Waals surface area contributed by atoms with Crippen molar-refractivity contribution < 1.29 is 30.7 Å². The smallest absolute Gasteiger partial charge is 0.381 e. The lowest BCUT2D eigenvalue weighted by Gasteiger charge is -2.11. The molecule has 0 fully saturated rings. The van der Waals surface area contributed by atoms with Crippen molar-refractivity contribution in [2.45, 2.75) is 12.7 Å². The first-order valence-electron chi connectivity index (χ1n) is 7.85. The van der Waals surface area contributed by atoms with Crippen LogP contribution in [0.2, 0.25) is 0 Å². The number of aryl methyl sites for hydroxylation is 1. The zero-order valence-corrected chi connectivity index (χ0v) is 14.2. The molecule has 0 aliphatic rings. The summed E-state index contributed by atoms with van der Waals surface area (Å²) in [4.78, 5) is 0. The van der Waals surface area contributed by atoms with E-state index in [0.29, 0.717) is 12.1 Å². The largest absolute Gasteiger partial charge is 0.435 e. The number of hydrogen-bond donors (Lipinski definition) is 1. The molecule has 3 rings (SSSR count). The molecule has 0 unspecified atom stereocenters. The van der Waals surface area contributed by atoms with Crippen LogP contribution in [-0.2, 0) is 19.8 Å². The highest BCUT2D eigenvalue weighted by atomic mass is 19.4. The highest BCUT2D eigenvalue weighted by Gasteiger charge is 2.35. The third-order valence-electron chi connectivity index (χ3n) is 4.02. The third kappa shape index (κ3) is 3.80. The van der Waals surface area contributed by atoms with Gasteiger partial charge in [-0.15, -0.1) is 0 Å². The minimum absolute atomic E-state index is 0.0985. The van der Waals surface area contributed by atoms with Crippen LogP contribution in [0.25, 0.3) is 11.3 Å². The molecule has 1 aromatic heterocycles. The van der Waals surface area contributed by atoms with Crippen LogP contribution in [0.5, 0.6) is 0 Å². The number of hydrogen-bond acceptors (Lipinski definition) is 2. The average molecular weight is 403 g/mol. The number of halogens is 7. The number of rotatable bonds is 4. The molecule has 0 atom stereocenters. The van der Waals surface area contributed by atoms with Crippen LogP contribution >= 0.6 is 0 Å². The van der Waals surface area contributed by atoms with Crippen molar-refractivity contribution in [3.8, 4) is 11.3 Å². The lowest BCUT2D eigenvalue weighted by atomic mass is 10.1. The van der Waals surface area contributed by atoms with E-state index in [1.54, 1.807) is 0 Å². The molecular formula is C18H12F7N3. The van der Waals surface area contributed by atoms with Crippen molar-refractivity contribution in [2.24, 2.45) is 7.05 Å². The molecule has 0 saturated carbocycles. The Morgan fingerprint density at radius 3 is 2.21 bits per heavy atom. The van der Waals surface area contributed by atoms with E-state index in [0.717, 1.165) is 16.8 Å². The Morgan fingerprint density at radius 1 is 0.929 bits per heavy atom. The van der Waals surface area contributed by atoms with Gasteiger partial charge in [-0.1, -0.05) is 0 Å². The Morgan fingerprint density at radius 2 is 1.61 bits per heavy atom. The lowest BCUT2D eigenvalue weighted by molar-refractivity contribution is -0.141. The molecule has 0 aliphatic carbocycles. The number of alkyl halides is 3. The first-order chi connectivity index (χ1) is 13.1. The fourth-order valence-electron chi connectivity index (χ4n) is 2.61. The molecule has 0 aliphatic heterocycles. The minimum atomic E-state index is -4.67. The fourth-order valence-corrected chi connectivity index (χ4v) is 2.61. The molecule has 2 aromatic carbocycles. The SMILES string of the molecule is Cn1nc(C(F)(F)F)cc1-c1ccc(NCc2c(F)ccc(F)c2F)cc1F. The van der Waals surface area contributed by atoms with E-state index in [1.165, 1.54) is 19.2 Å². The Balaban J connectivity index is 1.84. The Kier molecular flexibility index (Phi) is 5.05. The summed E-state index contributed by atoms with van der Waals surface area (Å²) in [6.07, 6.45) is -4.67. The highest BCUT2D eigenvalue weighted by Crippen LogP contribution is 2.33. The van der Waals surface area contributed by atoms with Crippen molar-refractivity contribution in [2.75, 3.05) is 5.32 Å². The molecular weight excluding hydrogens is 391 g/mol. The van der Waals surface area contributed by atoms with E-state index in [-0.39, 0.29) is 16.9 Å². The van der Waals surface area contributed by atoms with Crippen LogP contribution in [0.3, 0.4) is 0 Å². The number of benzene rings is 2. The van der Waals surface area contributed by atoms with Gasteiger partial charge in [-0.25, -0.2) is 17.6 Å². The van der Waals surface area contributed by atoms with Crippen molar-refractivity contribution in [3.05, 3.63) is 70.9 Å². The van der Waals surface area contributed by atoms with Crippen LogP contribution < -0.4 is 5.32 Å². The molecule has 1 N–H and O–H groups in total. The molecule has 1 heterocycles. The van der Waals surface area contributed by atoms with E-state index < -0.39 is 47.2 Å². The Hall–Kier alpha value is -3.04. The lowest BCUT2D eigenvalue weighted by Crippen LogP contribution is -2.07. The molecule has 3 aromatic rings. The van der Waals surface area contributed by atoms with E-state index in [4.69, 9.17) is 0 Å². The van der Waals surface area contributed by atoms with Gasteiger partial charge >= 0.3 is 6.18 Å². The maximum atomic E-state index is 14.4. The maximum absolute atomic E-state index is 14.4. The quantitative estimate of drug-likeness (QED) is 0.475. The van der Waals surface area contributed by atoms with Gasteiger partial charge in [0.25, 0.3) is 0 Å². The molecule has 148 valence electrons. The van der Waals surface area contributed by atoms with Gasteiger partial charge in [-0.05, 0) is 36.4 Å². The fraction of sp³-hybridized carbons (Fsp3) is 0.167. The van der Waals surface area contributed by atoms with Crippen molar-refractivity contribution in [1.82, 2.24) is 9.78 Å². The predicted molar refractivity (Wildman–Crippen MR) is 87.2 cm³/mol. The standard InChI is InChI=1S/C18H12F7N3/c1-28-15(7-16(27-28)18(23,24)25)10-3-2-9(6-14(10)21)26-8-11-12(19)4-5-13(20)17(11)22/h2-7,26H,8H2,1H3. The van der Waals surface area contributed by atoms with Crippen LogP contribution in [0.1, 0.15) is 11.3 Å². The molecule has 3 nitrogen and oxygen atoms in total. The number of aromatic nitrogens is 2. The number of nitrogens with zero attached hydrogens (tertiary/aromatic N) is 2. The summed E-state index contributed by atoms with van der Waals surface area (Å²) in [7, 11) is 1.24. The van der Waals surface area contributed by atoms with E-state index >= 15 is 0 Å². The summed E-state index contributed by atoms with van der Waals surface area (Å²) in [5.41, 5.74) is -1.87. The van der Waals surface area contributed by atoms with Gasteiger partial charge in [0.15, 0.2) is 17.3 Å². The van der Waals surface area contributed by atoms with Gasteiger partial charge in [0.1, 0.15) is 11.6 Å². The minimum Gasteiger partial charge on any atom is -0.381 e. The van der Waals surface area contributed by atoms with Gasteiger partial charge < -0.3 is 5.32 Å². The summed E-state index contributed by atoms with van der Waals surface area (Å²) in [6, 6.07) is 5.58. The molecule has 0 spiro atoms. The average Bonchev–Trinajstić information content (AvgIpc) is 3.00. The van der Waals surface area contributed by atoms with E-state index in [1.807, 2.05) is 0 Å². The molecule has 0 radical (unpaired) electrons. The summed E-state index contributed by atoms with van der Waals surface area (Å²) in [6.45, 7) is -0.460. The number of anilines is 1. The summed E-state index contributed by atoms with van der Waals surface area (Å²) >= 11 is 0. The van der Waals surface area contributed by atoms with Gasteiger partial charge in [0.2, 0.25) is 0 Å². The predicted octanol–water partition coefficient (Wildman–Crippen LogP) is 5.27. The van der Waals surface area contributed by atoms with Gasteiger partial charge in [0, 0.05) is 30.4 Å². The zero-order valence-electron chi connectivity index (χ0n) is 14.2. The van der Waals surface area contributed by atoms with Crippen molar-refractivity contribution >= 4 is 5.69 Å². The first kappa shape index (κ1) is 19.7.